The van der Waals surface area contributed by atoms with Gasteiger partial charge in [-0.2, -0.15) is 0 Å². The number of likely N-dealkylation sites (tertiary alicyclic amines) is 1. The summed E-state index contributed by atoms with van der Waals surface area (Å²) in [4.78, 5) is 25.7. The van der Waals surface area contributed by atoms with Gasteiger partial charge >= 0.3 is 0 Å². The molecule has 3 N–H and O–H groups in total. The van der Waals surface area contributed by atoms with E-state index >= 15 is 0 Å². The van der Waals surface area contributed by atoms with Crippen LogP contribution in [-0.2, 0) is 0 Å². The van der Waals surface area contributed by atoms with Gasteiger partial charge in [0.05, 0.1) is 4.92 Å². The number of nitro groups is 1. The maximum Gasteiger partial charge on any atom is 0.293 e. The molecule has 28 heavy (non-hydrogen) atoms. The minimum atomic E-state index is -0.462. The number of hydrogen-bond donors (Lipinski definition) is 2. The summed E-state index contributed by atoms with van der Waals surface area (Å²) in [6.45, 7) is 1.33. The lowest BCUT2D eigenvalue weighted by molar-refractivity contribution is -0.383. The van der Waals surface area contributed by atoms with Crippen molar-refractivity contribution in [2.45, 2.75) is 18.9 Å². The highest BCUT2D eigenvalue weighted by molar-refractivity contribution is 5.96. The van der Waals surface area contributed by atoms with Crippen molar-refractivity contribution in [3.05, 3.63) is 64.2 Å². The van der Waals surface area contributed by atoms with Crippen molar-refractivity contribution in [1.29, 1.82) is 0 Å². The van der Waals surface area contributed by atoms with Gasteiger partial charge in [0.1, 0.15) is 5.69 Å². The van der Waals surface area contributed by atoms with Gasteiger partial charge in [-0.05, 0) is 48.9 Å². The number of hydrogen-bond acceptors (Lipinski definition) is 5. The van der Waals surface area contributed by atoms with Crippen molar-refractivity contribution in [3.63, 3.8) is 0 Å². The quantitative estimate of drug-likeness (QED) is 0.601. The number of nitrogens with two attached hydrogens (primary N) is 1. The lowest BCUT2D eigenvalue weighted by atomic mass is 9.98. The predicted octanol–water partition coefficient (Wildman–Crippen LogP) is 3.57. The summed E-state index contributed by atoms with van der Waals surface area (Å²) in [6.07, 6.45) is 2.07. The fourth-order valence-corrected chi connectivity index (χ4v) is 4.25. The van der Waals surface area contributed by atoms with Crippen LogP contribution in [0.5, 0.6) is 0 Å². The molecule has 3 unspecified atom stereocenters. The third-order valence-electron chi connectivity index (χ3n) is 5.69. The predicted molar refractivity (Wildman–Crippen MR) is 110 cm³/mol. The zero-order valence-corrected chi connectivity index (χ0v) is 16.1. The van der Waals surface area contributed by atoms with E-state index in [0.717, 1.165) is 18.5 Å². The van der Waals surface area contributed by atoms with Gasteiger partial charge in [-0.15, -0.1) is 12.4 Å². The summed E-state index contributed by atoms with van der Waals surface area (Å²) < 4.78 is 0. The van der Waals surface area contributed by atoms with Crippen LogP contribution in [0.2, 0.25) is 0 Å². The normalized spacial score (nSPS) is 23.0. The van der Waals surface area contributed by atoms with Crippen molar-refractivity contribution in [2.75, 3.05) is 18.4 Å². The second-order valence-corrected chi connectivity index (χ2v) is 7.36. The number of rotatable bonds is 4. The molecular formula is C20H23ClN4O3. The van der Waals surface area contributed by atoms with E-state index in [1.807, 2.05) is 30.3 Å². The minimum absolute atomic E-state index is 0. The molecule has 1 heterocycles. The molecule has 1 saturated carbocycles. The number of para-hydroxylation sites is 1. The number of carbonyl (C=O) groups excluding carboxylic acids is 1. The SMILES string of the molecule is Cl.NC1CCC2CN(C(=O)c3ccc(Nc4ccccc4)c([N+](=O)[O-])c3)CC12. The third-order valence-corrected chi connectivity index (χ3v) is 5.69. The summed E-state index contributed by atoms with van der Waals surface area (Å²) >= 11 is 0. The summed E-state index contributed by atoms with van der Waals surface area (Å²) in [5.74, 6) is 0.645. The number of nitrogens with one attached hydrogen (secondary N) is 1. The molecule has 1 amide bonds. The van der Waals surface area contributed by atoms with E-state index in [4.69, 9.17) is 5.73 Å². The van der Waals surface area contributed by atoms with Crippen molar-refractivity contribution in [2.24, 2.45) is 17.6 Å². The standard InChI is InChI=1S/C20H22N4O3.ClH/c21-17-8-6-14-11-23(12-16(14)17)20(25)13-7-9-18(19(10-13)24(26)27)22-15-4-2-1-3-5-15;/h1-5,7,9-10,14,16-17,22H,6,8,11-12,21H2;1H. The molecule has 2 fully saturated rings. The number of amides is 1. The van der Waals surface area contributed by atoms with Gasteiger partial charge in [-0.25, -0.2) is 0 Å². The van der Waals surface area contributed by atoms with Crippen LogP contribution in [0.25, 0.3) is 0 Å². The molecule has 2 aliphatic rings. The lowest BCUT2D eigenvalue weighted by Gasteiger charge is -2.19. The molecule has 0 spiro atoms. The zero-order valence-electron chi connectivity index (χ0n) is 15.3. The van der Waals surface area contributed by atoms with E-state index in [1.54, 1.807) is 17.0 Å². The van der Waals surface area contributed by atoms with Crippen LogP contribution >= 0.6 is 12.4 Å². The van der Waals surface area contributed by atoms with E-state index in [1.165, 1.54) is 6.07 Å². The Morgan fingerprint density at radius 1 is 1.14 bits per heavy atom. The first-order chi connectivity index (χ1) is 13.0. The molecule has 3 atom stereocenters. The van der Waals surface area contributed by atoms with Crippen molar-refractivity contribution in [3.8, 4) is 0 Å². The highest BCUT2D eigenvalue weighted by atomic mass is 35.5. The monoisotopic (exact) mass is 402 g/mol. The maximum absolute atomic E-state index is 12.9. The van der Waals surface area contributed by atoms with E-state index in [0.29, 0.717) is 36.2 Å². The third kappa shape index (κ3) is 3.81. The first-order valence-corrected chi connectivity index (χ1v) is 9.18. The fourth-order valence-electron chi connectivity index (χ4n) is 4.25. The van der Waals surface area contributed by atoms with Gasteiger partial charge in [0.25, 0.3) is 11.6 Å². The number of nitrogens with zero attached hydrogens (tertiary/aromatic N) is 2. The smallest absolute Gasteiger partial charge is 0.293 e. The van der Waals surface area contributed by atoms with Crippen LogP contribution in [0.4, 0.5) is 17.1 Å². The molecule has 1 aliphatic heterocycles. The first-order valence-electron chi connectivity index (χ1n) is 9.18. The van der Waals surface area contributed by atoms with E-state index in [-0.39, 0.29) is 30.0 Å². The number of benzene rings is 2. The van der Waals surface area contributed by atoms with Crippen molar-refractivity contribution in [1.82, 2.24) is 4.90 Å². The molecule has 8 heteroatoms. The van der Waals surface area contributed by atoms with Crippen molar-refractivity contribution < 1.29 is 9.72 Å². The number of halogens is 1. The molecule has 1 aliphatic carbocycles. The Hall–Kier alpha value is -2.64. The van der Waals surface area contributed by atoms with Gasteiger partial charge in [0, 0.05) is 36.4 Å². The average molecular weight is 403 g/mol. The summed E-state index contributed by atoms with van der Waals surface area (Å²) in [6, 6.07) is 14.0. The number of carbonyl (C=O) groups is 1. The maximum atomic E-state index is 12.9. The van der Waals surface area contributed by atoms with Gasteiger partial charge in [0.15, 0.2) is 0 Å². The molecule has 2 aromatic rings. The highest BCUT2D eigenvalue weighted by Gasteiger charge is 2.42. The minimum Gasteiger partial charge on any atom is -0.350 e. The Morgan fingerprint density at radius 2 is 1.89 bits per heavy atom. The summed E-state index contributed by atoms with van der Waals surface area (Å²) in [5, 5.41) is 14.6. The van der Waals surface area contributed by atoms with Gasteiger partial charge in [-0.1, -0.05) is 18.2 Å². The first kappa shape index (κ1) is 20.1. The number of anilines is 2. The van der Waals surface area contributed by atoms with Crippen LogP contribution in [0.15, 0.2) is 48.5 Å². The number of fused-ring (bicyclic) bond motifs is 1. The molecule has 1 saturated heterocycles. The Morgan fingerprint density at radius 3 is 2.57 bits per heavy atom. The average Bonchev–Trinajstić information content (AvgIpc) is 3.24. The summed E-state index contributed by atoms with van der Waals surface area (Å²) in [7, 11) is 0. The Balaban J connectivity index is 0.00000225. The molecule has 4 rings (SSSR count). The van der Waals surface area contributed by atoms with Crippen LogP contribution in [0, 0.1) is 22.0 Å². The number of nitro benzene ring substituents is 1. The second kappa shape index (κ2) is 8.16. The topological polar surface area (TPSA) is 102 Å². The van der Waals surface area contributed by atoms with Crippen LogP contribution in [0.3, 0.4) is 0 Å². The van der Waals surface area contributed by atoms with Crippen LogP contribution in [-0.4, -0.2) is 34.9 Å². The Bertz CT molecular complexity index is 877. The highest BCUT2D eigenvalue weighted by Crippen LogP contribution is 2.38. The van der Waals surface area contributed by atoms with E-state index < -0.39 is 4.92 Å². The fraction of sp³-hybridized carbons (Fsp3) is 0.350. The molecule has 0 bridgehead atoms. The van der Waals surface area contributed by atoms with Crippen LogP contribution < -0.4 is 11.1 Å². The van der Waals surface area contributed by atoms with Gasteiger partial charge in [0.2, 0.25) is 0 Å². The molecule has 0 aromatic heterocycles. The van der Waals surface area contributed by atoms with Crippen LogP contribution in [0.1, 0.15) is 23.2 Å². The lowest BCUT2D eigenvalue weighted by Crippen LogP contribution is -2.33. The molecule has 7 nitrogen and oxygen atoms in total. The molecule has 0 radical (unpaired) electrons. The second-order valence-electron chi connectivity index (χ2n) is 7.36. The summed E-state index contributed by atoms with van der Waals surface area (Å²) in [5.41, 5.74) is 7.49. The van der Waals surface area contributed by atoms with E-state index in [9.17, 15) is 14.9 Å². The largest absolute Gasteiger partial charge is 0.350 e. The zero-order chi connectivity index (χ0) is 19.0. The molecule has 2 aromatic carbocycles. The van der Waals surface area contributed by atoms with Gasteiger partial charge < -0.3 is 16.0 Å². The molecular weight excluding hydrogens is 380 g/mol. The molecule has 148 valence electrons. The Kier molecular flexibility index (Phi) is 5.86. The van der Waals surface area contributed by atoms with Gasteiger partial charge in [-0.3, -0.25) is 14.9 Å². The van der Waals surface area contributed by atoms with Crippen molar-refractivity contribution >= 4 is 35.4 Å². The Labute approximate surface area is 169 Å². The van der Waals surface area contributed by atoms with E-state index in [2.05, 4.69) is 5.32 Å².